The van der Waals surface area contributed by atoms with Crippen LogP contribution in [0.25, 0.3) is 0 Å². The first-order chi connectivity index (χ1) is 14.9. The van der Waals surface area contributed by atoms with E-state index in [1.165, 1.54) is 12.1 Å². The van der Waals surface area contributed by atoms with E-state index in [1.54, 1.807) is 0 Å². The Bertz CT molecular complexity index is 976. The van der Waals surface area contributed by atoms with Gasteiger partial charge in [0.25, 0.3) is 5.91 Å². The number of hydrogen-bond acceptors (Lipinski definition) is 5. The summed E-state index contributed by atoms with van der Waals surface area (Å²) >= 11 is 6.01. The lowest BCUT2D eigenvalue weighted by atomic mass is 9.85. The molecule has 0 saturated carbocycles. The van der Waals surface area contributed by atoms with Crippen LogP contribution in [0.2, 0.25) is 5.02 Å². The van der Waals surface area contributed by atoms with Gasteiger partial charge in [0, 0.05) is 42.6 Å². The van der Waals surface area contributed by atoms with Crippen LogP contribution >= 0.6 is 11.6 Å². The molecule has 0 aromatic heterocycles. The molecule has 2 aromatic carbocycles. The number of likely N-dealkylation sites (tertiary alicyclic amines) is 1. The number of carbonyl (C=O) groups excluding carboxylic acids is 2. The molecule has 2 fully saturated rings. The molecule has 2 aliphatic rings. The maximum absolute atomic E-state index is 13.2. The third-order valence-corrected chi connectivity index (χ3v) is 6.38. The zero-order chi connectivity index (χ0) is 22.0. The summed E-state index contributed by atoms with van der Waals surface area (Å²) in [6.45, 7) is 3.06. The lowest BCUT2D eigenvalue weighted by molar-refractivity contribution is -0.125. The third-order valence-electron chi connectivity index (χ3n) is 6.13. The molecular weight excluding hydrogens is 421 g/mol. The van der Waals surface area contributed by atoms with E-state index in [0.717, 1.165) is 24.8 Å². The molecule has 164 valence electrons. The van der Waals surface area contributed by atoms with Gasteiger partial charge in [-0.25, -0.2) is 4.39 Å². The van der Waals surface area contributed by atoms with E-state index in [4.69, 9.17) is 17.3 Å². The standard InChI is InChI=1S/C22H25ClFN5O2/c23-15-1-4-17(5-2-15)29-14-27-21(31)22(29)7-10-28(11-8-22)12-9-26-20(30)18-6-3-16(24)13-19(18)25/h1-6,13H,7-12,14,25H2,(H,26,30)(H,27,31). The molecule has 2 aliphatic heterocycles. The average Bonchev–Trinajstić information content (AvgIpc) is 3.06. The minimum atomic E-state index is -0.559. The van der Waals surface area contributed by atoms with Crippen LogP contribution in [0, 0.1) is 5.82 Å². The van der Waals surface area contributed by atoms with Gasteiger partial charge in [-0.2, -0.15) is 0 Å². The van der Waals surface area contributed by atoms with Crippen LogP contribution in [0.4, 0.5) is 15.8 Å². The van der Waals surface area contributed by atoms with Crippen molar-refractivity contribution in [1.29, 1.82) is 0 Å². The zero-order valence-electron chi connectivity index (χ0n) is 17.0. The number of amides is 2. The summed E-state index contributed by atoms with van der Waals surface area (Å²) in [5, 5.41) is 6.48. The van der Waals surface area contributed by atoms with Crippen molar-refractivity contribution in [3.63, 3.8) is 0 Å². The predicted octanol–water partition coefficient (Wildman–Crippen LogP) is 2.22. The highest BCUT2D eigenvalue weighted by Crippen LogP contribution is 2.36. The minimum Gasteiger partial charge on any atom is -0.398 e. The summed E-state index contributed by atoms with van der Waals surface area (Å²) in [5.41, 5.74) is 6.52. The lowest BCUT2D eigenvalue weighted by Gasteiger charge is -2.43. The highest BCUT2D eigenvalue weighted by Gasteiger charge is 2.50. The number of nitrogens with two attached hydrogens (primary N) is 1. The zero-order valence-corrected chi connectivity index (χ0v) is 17.8. The highest BCUT2D eigenvalue weighted by molar-refractivity contribution is 6.30. The predicted molar refractivity (Wildman–Crippen MR) is 118 cm³/mol. The smallest absolute Gasteiger partial charge is 0.253 e. The summed E-state index contributed by atoms with van der Waals surface area (Å²) in [6.07, 6.45) is 1.39. The van der Waals surface area contributed by atoms with E-state index < -0.39 is 11.4 Å². The van der Waals surface area contributed by atoms with Crippen LogP contribution in [0.3, 0.4) is 0 Å². The van der Waals surface area contributed by atoms with Gasteiger partial charge in [-0.1, -0.05) is 11.6 Å². The second kappa shape index (κ2) is 8.72. The Balaban J connectivity index is 1.32. The van der Waals surface area contributed by atoms with Crippen molar-refractivity contribution in [2.45, 2.75) is 18.4 Å². The SMILES string of the molecule is Nc1cc(F)ccc1C(=O)NCCN1CCC2(CC1)C(=O)NCN2c1ccc(Cl)cc1. The number of nitrogens with zero attached hydrogens (tertiary/aromatic N) is 2. The molecule has 7 nitrogen and oxygen atoms in total. The van der Waals surface area contributed by atoms with Crippen LogP contribution in [0.5, 0.6) is 0 Å². The van der Waals surface area contributed by atoms with Gasteiger partial charge < -0.3 is 26.2 Å². The first-order valence-corrected chi connectivity index (χ1v) is 10.6. The fourth-order valence-electron chi connectivity index (χ4n) is 4.36. The first kappa shape index (κ1) is 21.4. The largest absolute Gasteiger partial charge is 0.398 e. The first-order valence-electron chi connectivity index (χ1n) is 10.3. The van der Waals surface area contributed by atoms with Crippen LogP contribution in [0.15, 0.2) is 42.5 Å². The highest BCUT2D eigenvalue weighted by atomic mass is 35.5. The van der Waals surface area contributed by atoms with Crippen molar-refractivity contribution in [2.75, 3.05) is 43.5 Å². The monoisotopic (exact) mass is 445 g/mol. The summed E-state index contributed by atoms with van der Waals surface area (Å²) in [4.78, 5) is 29.4. The van der Waals surface area contributed by atoms with E-state index >= 15 is 0 Å². The summed E-state index contributed by atoms with van der Waals surface area (Å²) in [6, 6.07) is 11.3. The van der Waals surface area contributed by atoms with Crippen molar-refractivity contribution in [3.05, 3.63) is 58.9 Å². The average molecular weight is 446 g/mol. The molecule has 2 aromatic rings. The normalized spacial score (nSPS) is 18.3. The third kappa shape index (κ3) is 4.31. The van der Waals surface area contributed by atoms with E-state index in [9.17, 15) is 14.0 Å². The molecule has 31 heavy (non-hydrogen) atoms. The Morgan fingerprint density at radius 2 is 1.90 bits per heavy atom. The molecule has 0 bridgehead atoms. The number of nitrogen functional groups attached to an aromatic ring is 1. The molecule has 2 saturated heterocycles. The molecule has 4 rings (SSSR count). The van der Waals surface area contributed by atoms with Crippen molar-refractivity contribution >= 4 is 34.8 Å². The molecule has 0 aliphatic carbocycles. The van der Waals surface area contributed by atoms with Gasteiger partial charge in [0.1, 0.15) is 11.4 Å². The number of rotatable bonds is 5. The fourth-order valence-corrected chi connectivity index (χ4v) is 4.48. The van der Waals surface area contributed by atoms with Crippen molar-refractivity contribution < 1.29 is 14.0 Å². The molecule has 0 radical (unpaired) electrons. The summed E-state index contributed by atoms with van der Waals surface area (Å²) < 4.78 is 13.2. The number of carbonyl (C=O) groups is 2. The number of hydrogen-bond donors (Lipinski definition) is 3. The Kier molecular flexibility index (Phi) is 6.02. The topological polar surface area (TPSA) is 90.7 Å². The van der Waals surface area contributed by atoms with Gasteiger partial charge >= 0.3 is 0 Å². The van der Waals surface area contributed by atoms with Gasteiger partial charge in [0.05, 0.1) is 12.2 Å². The van der Waals surface area contributed by atoms with Gasteiger partial charge in [-0.15, -0.1) is 0 Å². The van der Waals surface area contributed by atoms with Gasteiger partial charge in [-0.3, -0.25) is 9.59 Å². The molecule has 1 spiro atoms. The molecule has 9 heteroatoms. The molecule has 4 N–H and O–H groups in total. The second-order valence-electron chi connectivity index (χ2n) is 7.93. The number of piperidine rings is 1. The van der Waals surface area contributed by atoms with Crippen molar-refractivity contribution in [1.82, 2.24) is 15.5 Å². The Hall–Kier alpha value is -2.84. The van der Waals surface area contributed by atoms with Gasteiger partial charge in [0.15, 0.2) is 0 Å². The van der Waals surface area contributed by atoms with E-state index in [0.29, 0.717) is 37.6 Å². The molecule has 0 atom stereocenters. The van der Waals surface area contributed by atoms with E-state index in [-0.39, 0.29) is 23.1 Å². The number of benzene rings is 2. The number of nitrogens with one attached hydrogen (secondary N) is 2. The summed E-state index contributed by atoms with van der Waals surface area (Å²) in [5.74, 6) is -0.739. The Morgan fingerprint density at radius 1 is 1.19 bits per heavy atom. The maximum Gasteiger partial charge on any atom is 0.253 e. The minimum absolute atomic E-state index is 0.0576. The van der Waals surface area contributed by atoms with Crippen LogP contribution in [-0.2, 0) is 4.79 Å². The molecule has 0 unspecified atom stereocenters. The molecular formula is C22H25ClFN5O2. The fraction of sp³-hybridized carbons (Fsp3) is 0.364. The lowest BCUT2D eigenvalue weighted by Crippen LogP contribution is -2.57. The number of anilines is 2. The van der Waals surface area contributed by atoms with Crippen molar-refractivity contribution in [3.8, 4) is 0 Å². The van der Waals surface area contributed by atoms with E-state index in [2.05, 4.69) is 20.4 Å². The summed E-state index contributed by atoms with van der Waals surface area (Å²) in [7, 11) is 0. The maximum atomic E-state index is 13.2. The molecule has 2 heterocycles. The Labute approximate surface area is 185 Å². The van der Waals surface area contributed by atoms with Crippen LogP contribution in [0.1, 0.15) is 23.2 Å². The Morgan fingerprint density at radius 3 is 2.58 bits per heavy atom. The number of halogens is 2. The van der Waals surface area contributed by atoms with Crippen LogP contribution < -0.4 is 21.3 Å². The quantitative estimate of drug-likeness (QED) is 0.614. The van der Waals surface area contributed by atoms with Gasteiger partial charge in [0.2, 0.25) is 5.91 Å². The van der Waals surface area contributed by atoms with E-state index in [1.807, 2.05) is 24.3 Å². The molecule has 2 amide bonds. The van der Waals surface area contributed by atoms with Gasteiger partial charge in [-0.05, 0) is 55.3 Å². The van der Waals surface area contributed by atoms with Crippen LogP contribution in [-0.4, -0.2) is 55.1 Å². The van der Waals surface area contributed by atoms with Crippen molar-refractivity contribution in [2.24, 2.45) is 0 Å². The second-order valence-corrected chi connectivity index (χ2v) is 8.37.